The van der Waals surface area contributed by atoms with Crippen molar-refractivity contribution in [3.8, 4) is 0 Å². The van der Waals surface area contributed by atoms with Gasteiger partial charge < -0.3 is 9.64 Å². The number of rotatable bonds is 1. The van der Waals surface area contributed by atoms with Crippen LogP contribution in [0.2, 0.25) is 0 Å². The van der Waals surface area contributed by atoms with Crippen LogP contribution in [0.4, 0.5) is 0 Å². The Kier molecular flexibility index (Phi) is 2.16. The van der Waals surface area contributed by atoms with Gasteiger partial charge in [-0.1, -0.05) is 0 Å². The van der Waals surface area contributed by atoms with Gasteiger partial charge in [-0.3, -0.25) is 4.79 Å². The highest BCUT2D eigenvalue weighted by Crippen LogP contribution is 2.70. The number of fused-ring (bicyclic) bond motifs is 1. The van der Waals surface area contributed by atoms with E-state index in [2.05, 4.69) is 0 Å². The summed E-state index contributed by atoms with van der Waals surface area (Å²) in [4.78, 5) is 26.7. The topological polar surface area (TPSA) is 46.6 Å². The number of hydrogen-bond acceptors (Lipinski definition) is 5. The second kappa shape index (κ2) is 3.39. The van der Waals surface area contributed by atoms with Gasteiger partial charge in [0.2, 0.25) is 0 Å². The second-order valence-corrected chi connectivity index (χ2v) is 8.29. The van der Waals surface area contributed by atoms with E-state index in [-0.39, 0.29) is 16.7 Å². The first-order chi connectivity index (χ1) is 8.65. The van der Waals surface area contributed by atoms with E-state index in [1.54, 1.807) is 11.8 Å². The molecule has 0 N–H and O–H groups in total. The van der Waals surface area contributed by atoms with E-state index in [1.807, 2.05) is 16.7 Å². The maximum absolute atomic E-state index is 12.6. The first-order valence-corrected chi connectivity index (χ1v) is 8.24. The summed E-state index contributed by atoms with van der Waals surface area (Å²) >= 11 is 3.60. The van der Waals surface area contributed by atoms with E-state index in [1.165, 1.54) is 13.5 Å². The predicted molar refractivity (Wildman–Crippen MR) is 70.4 cm³/mol. The Bertz CT molecular complexity index is 455. The third kappa shape index (κ3) is 1.01. The van der Waals surface area contributed by atoms with Gasteiger partial charge in [-0.15, -0.1) is 11.8 Å². The molecule has 1 spiro atoms. The summed E-state index contributed by atoms with van der Waals surface area (Å²) in [6.07, 6.45) is 2.92. The van der Waals surface area contributed by atoms with Gasteiger partial charge in [0, 0.05) is 17.7 Å². The molecule has 4 aliphatic rings. The molecule has 4 saturated heterocycles. The summed E-state index contributed by atoms with van der Waals surface area (Å²) in [6, 6.07) is 0. The molecule has 4 aliphatic heterocycles. The number of hydrogen-bond donors (Lipinski definition) is 0. The molecule has 2 bridgehead atoms. The lowest BCUT2D eigenvalue weighted by atomic mass is 9.79. The Morgan fingerprint density at radius 2 is 2.39 bits per heavy atom. The van der Waals surface area contributed by atoms with Crippen LogP contribution >= 0.6 is 23.5 Å². The van der Waals surface area contributed by atoms with Gasteiger partial charge in [-0.05, 0) is 25.0 Å². The number of ether oxygens (including phenoxy) is 1. The van der Waals surface area contributed by atoms with Crippen LogP contribution in [0.1, 0.15) is 19.3 Å². The van der Waals surface area contributed by atoms with Crippen LogP contribution in [0.3, 0.4) is 0 Å². The van der Waals surface area contributed by atoms with Crippen molar-refractivity contribution in [1.82, 2.24) is 4.90 Å². The Hall–Kier alpha value is -0.360. The SMILES string of the molecule is COC(=O)[C@@]12C[C@@H]3CS[C@H]4CCCN(C1=O)[C@@]34S2. The molecule has 4 nitrogen and oxygen atoms in total. The maximum Gasteiger partial charge on any atom is 0.331 e. The van der Waals surface area contributed by atoms with E-state index in [4.69, 9.17) is 4.74 Å². The molecule has 18 heavy (non-hydrogen) atoms. The molecular formula is C12H15NO3S2. The summed E-state index contributed by atoms with van der Waals surface area (Å²) in [5, 5.41) is 0.513. The molecule has 4 fully saturated rings. The molecule has 6 heteroatoms. The van der Waals surface area contributed by atoms with Crippen molar-refractivity contribution in [3.05, 3.63) is 0 Å². The van der Waals surface area contributed by atoms with Crippen LogP contribution in [-0.2, 0) is 14.3 Å². The van der Waals surface area contributed by atoms with Gasteiger partial charge in [0.15, 0.2) is 4.75 Å². The largest absolute Gasteiger partial charge is 0.468 e. The molecular weight excluding hydrogens is 270 g/mol. The zero-order valence-corrected chi connectivity index (χ0v) is 11.8. The van der Waals surface area contributed by atoms with Gasteiger partial charge in [0.1, 0.15) is 4.87 Å². The first kappa shape index (κ1) is 11.5. The lowest BCUT2D eigenvalue weighted by molar-refractivity contribution is -0.155. The second-order valence-electron chi connectivity index (χ2n) is 5.49. The lowest BCUT2D eigenvalue weighted by Crippen LogP contribution is -2.60. The quantitative estimate of drug-likeness (QED) is 0.533. The highest BCUT2D eigenvalue weighted by molar-refractivity contribution is 8.07. The molecule has 98 valence electrons. The third-order valence-electron chi connectivity index (χ3n) is 4.79. The van der Waals surface area contributed by atoms with Crippen molar-refractivity contribution < 1.29 is 14.3 Å². The van der Waals surface area contributed by atoms with Crippen molar-refractivity contribution in [2.75, 3.05) is 19.4 Å². The Morgan fingerprint density at radius 1 is 1.56 bits per heavy atom. The van der Waals surface area contributed by atoms with E-state index in [9.17, 15) is 9.59 Å². The van der Waals surface area contributed by atoms with Crippen molar-refractivity contribution in [2.45, 2.75) is 34.1 Å². The zero-order valence-electron chi connectivity index (χ0n) is 10.2. The van der Waals surface area contributed by atoms with Crippen molar-refractivity contribution in [1.29, 1.82) is 0 Å². The Morgan fingerprint density at radius 3 is 3.17 bits per heavy atom. The number of piperidine rings is 2. The highest BCUT2D eigenvalue weighted by Gasteiger charge is 2.77. The van der Waals surface area contributed by atoms with Crippen LogP contribution in [0, 0.1) is 5.92 Å². The van der Waals surface area contributed by atoms with E-state index in [0.717, 1.165) is 18.7 Å². The van der Waals surface area contributed by atoms with Crippen molar-refractivity contribution in [3.63, 3.8) is 0 Å². The number of thioether (sulfide) groups is 2. The molecule has 0 aliphatic carbocycles. The van der Waals surface area contributed by atoms with Crippen molar-refractivity contribution >= 4 is 35.4 Å². The predicted octanol–water partition coefficient (Wildman–Crippen LogP) is 1.10. The fourth-order valence-corrected chi connectivity index (χ4v) is 8.35. The van der Waals surface area contributed by atoms with Crippen LogP contribution in [-0.4, -0.2) is 51.1 Å². The number of carbonyl (C=O) groups excluding carboxylic acids is 2. The molecule has 0 aromatic heterocycles. The molecule has 0 saturated carbocycles. The molecule has 1 amide bonds. The van der Waals surface area contributed by atoms with Gasteiger partial charge in [-0.2, -0.15) is 11.8 Å². The smallest absolute Gasteiger partial charge is 0.331 e. The van der Waals surface area contributed by atoms with Gasteiger partial charge >= 0.3 is 5.97 Å². The Labute approximate surface area is 114 Å². The third-order valence-corrected chi connectivity index (χ3v) is 8.56. The fourth-order valence-electron chi connectivity index (χ4n) is 4.09. The average Bonchev–Trinajstić information content (AvgIpc) is 2.96. The zero-order chi connectivity index (χ0) is 12.5. The van der Waals surface area contributed by atoms with Gasteiger partial charge in [0.05, 0.1) is 7.11 Å². The first-order valence-electron chi connectivity index (χ1n) is 6.37. The minimum Gasteiger partial charge on any atom is -0.468 e. The summed E-state index contributed by atoms with van der Waals surface area (Å²) in [5.74, 6) is 1.23. The van der Waals surface area contributed by atoms with Crippen LogP contribution in [0.25, 0.3) is 0 Å². The molecule has 4 atom stereocenters. The molecule has 4 rings (SSSR count). The van der Waals surface area contributed by atoms with E-state index < -0.39 is 4.75 Å². The number of amides is 1. The van der Waals surface area contributed by atoms with Crippen LogP contribution < -0.4 is 0 Å². The minimum atomic E-state index is -0.914. The number of carbonyl (C=O) groups is 2. The Balaban J connectivity index is 1.84. The monoisotopic (exact) mass is 285 g/mol. The summed E-state index contributed by atoms with van der Waals surface area (Å²) in [5.41, 5.74) is 0. The number of methoxy groups -OCH3 is 1. The highest BCUT2D eigenvalue weighted by atomic mass is 32.2. The molecule has 0 radical (unpaired) electrons. The summed E-state index contributed by atoms with van der Waals surface area (Å²) in [6.45, 7) is 0.818. The van der Waals surface area contributed by atoms with Crippen LogP contribution in [0.15, 0.2) is 0 Å². The number of nitrogens with zero attached hydrogens (tertiary/aromatic N) is 1. The average molecular weight is 285 g/mol. The van der Waals surface area contributed by atoms with Crippen LogP contribution in [0.5, 0.6) is 0 Å². The van der Waals surface area contributed by atoms with E-state index >= 15 is 0 Å². The minimum absolute atomic E-state index is 0.0165. The van der Waals surface area contributed by atoms with Gasteiger partial charge in [-0.25, -0.2) is 4.79 Å². The fraction of sp³-hybridized carbons (Fsp3) is 0.833. The van der Waals surface area contributed by atoms with Crippen molar-refractivity contribution in [2.24, 2.45) is 5.92 Å². The lowest BCUT2D eigenvalue weighted by Gasteiger charge is -2.45. The number of esters is 1. The maximum atomic E-state index is 12.6. The van der Waals surface area contributed by atoms with E-state index in [0.29, 0.717) is 17.6 Å². The summed E-state index contributed by atoms with van der Waals surface area (Å²) in [7, 11) is 1.39. The molecule has 0 unspecified atom stereocenters. The molecule has 0 aromatic rings. The summed E-state index contributed by atoms with van der Waals surface area (Å²) < 4.78 is 4.01. The molecule has 4 heterocycles. The normalized spacial score (nSPS) is 48.5. The molecule has 0 aromatic carbocycles. The standard InChI is InChI=1S/C12H15NO3S2/c1-16-10(15)11-5-7-6-17-8-3-2-4-13(9(11)14)12(7,8)18-11/h7-8H,2-6H2,1H3/t7-,8+,11-,12-/m1/s1. The van der Waals surface area contributed by atoms with Gasteiger partial charge in [0.25, 0.3) is 5.91 Å².